The molecule has 0 spiro atoms. The Bertz CT molecular complexity index is 2790. The van der Waals surface area contributed by atoms with Gasteiger partial charge in [-0.25, -0.2) is 4.98 Å². The summed E-state index contributed by atoms with van der Waals surface area (Å²) < 4.78 is 11.4. The van der Waals surface area contributed by atoms with Gasteiger partial charge in [0.1, 0.15) is 17.0 Å². The van der Waals surface area contributed by atoms with Crippen LogP contribution in [0.2, 0.25) is 10.0 Å². The number of nitrogens with zero attached hydrogens (tertiary/aromatic N) is 3. The number of hydrogen-bond donors (Lipinski definition) is 2. The number of phenols is 1. The summed E-state index contributed by atoms with van der Waals surface area (Å²) in [6.45, 7) is 1.77. The van der Waals surface area contributed by atoms with Crippen LogP contribution in [-0.2, 0) is 24.6 Å². The molecular formula is C47H36Cl2N4O7. The molecule has 2 saturated heterocycles. The molecule has 11 nitrogen and oxygen atoms in total. The molecule has 5 aromatic carbocycles. The van der Waals surface area contributed by atoms with Gasteiger partial charge in [-0.1, -0.05) is 77.3 Å². The number of amides is 4. The van der Waals surface area contributed by atoms with Gasteiger partial charge in [-0.05, 0) is 104 Å². The maximum absolute atomic E-state index is 15.5. The number of hydrogen-bond acceptors (Lipinski definition) is 9. The number of halogens is 2. The number of aromatic hydroxyl groups is 1. The molecule has 4 aliphatic rings. The van der Waals surface area contributed by atoms with Crippen LogP contribution in [0.3, 0.4) is 0 Å². The molecule has 6 unspecified atom stereocenters. The van der Waals surface area contributed by atoms with Crippen molar-refractivity contribution >= 4 is 69.3 Å². The third-order valence-electron chi connectivity index (χ3n) is 12.8. The van der Waals surface area contributed by atoms with Gasteiger partial charge in [0.15, 0.2) is 5.58 Å². The van der Waals surface area contributed by atoms with Gasteiger partial charge in [0.25, 0.3) is 11.8 Å². The zero-order valence-corrected chi connectivity index (χ0v) is 33.8. The number of allylic oxidation sites excluding steroid dienone is 2. The number of para-hydroxylation sites is 3. The van der Waals surface area contributed by atoms with Crippen molar-refractivity contribution in [1.82, 2.24) is 9.99 Å². The molecule has 13 heteroatoms. The number of aromatic nitrogens is 1. The van der Waals surface area contributed by atoms with E-state index in [1.807, 2.05) is 30.3 Å². The van der Waals surface area contributed by atoms with Crippen molar-refractivity contribution in [2.45, 2.75) is 31.1 Å². The monoisotopic (exact) mass is 838 g/mol. The van der Waals surface area contributed by atoms with Crippen molar-refractivity contribution in [3.05, 3.63) is 148 Å². The SMILES string of the molecule is COc1ccc(C23C(=O)N(Nc4ccc(Cl)cc4Cl)C(=O)C2CC2C(=CCC4C(=O)N(c5ccc(-c6nc7ccccc7o6)cc5)C(=O)C42)C3c2cccc(C)c2O)cc1. The summed E-state index contributed by atoms with van der Waals surface area (Å²) in [6.07, 6.45) is 2.24. The number of oxazole rings is 1. The van der Waals surface area contributed by atoms with E-state index in [1.54, 1.807) is 92.9 Å². The molecule has 10 rings (SSSR count). The fraction of sp³-hybridized carbons (Fsp3) is 0.213. The Morgan fingerprint density at radius 2 is 1.63 bits per heavy atom. The first-order valence-electron chi connectivity index (χ1n) is 19.6. The van der Waals surface area contributed by atoms with E-state index >= 15 is 9.59 Å². The number of carbonyl (C=O) groups excluding carboxylic acids is 4. The number of hydrazine groups is 1. The van der Waals surface area contributed by atoms with Crippen molar-refractivity contribution in [2.24, 2.45) is 23.7 Å². The summed E-state index contributed by atoms with van der Waals surface area (Å²) in [5.41, 5.74) is 6.36. The highest BCUT2D eigenvalue weighted by Crippen LogP contribution is 2.65. The fourth-order valence-electron chi connectivity index (χ4n) is 10.1. The maximum atomic E-state index is 15.5. The number of phenolic OH excluding ortho intramolecular Hbond substituents is 1. The smallest absolute Gasteiger partial charge is 0.260 e. The summed E-state index contributed by atoms with van der Waals surface area (Å²) in [4.78, 5) is 65.6. The average Bonchev–Trinajstić information content (AvgIpc) is 3.87. The summed E-state index contributed by atoms with van der Waals surface area (Å²) >= 11 is 12.8. The number of rotatable bonds is 7. The van der Waals surface area contributed by atoms with Gasteiger partial charge in [0.05, 0.1) is 46.7 Å². The molecule has 3 fully saturated rings. The second-order valence-corrected chi connectivity index (χ2v) is 16.6. The number of aryl methyl sites for hydroxylation is 1. The molecule has 60 heavy (non-hydrogen) atoms. The predicted octanol–water partition coefficient (Wildman–Crippen LogP) is 9.01. The maximum Gasteiger partial charge on any atom is 0.260 e. The summed E-state index contributed by atoms with van der Waals surface area (Å²) in [6, 6.07) is 31.4. The number of benzene rings is 5. The first kappa shape index (κ1) is 37.8. The highest BCUT2D eigenvalue weighted by atomic mass is 35.5. The van der Waals surface area contributed by atoms with E-state index in [1.165, 1.54) is 11.0 Å². The lowest BCUT2D eigenvalue weighted by Crippen LogP contribution is -2.53. The third kappa shape index (κ3) is 5.52. The Hall–Kier alpha value is -6.43. The molecular weight excluding hydrogens is 803 g/mol. The summed E-state index contributed by atoms with van der Waals surface area (Å²) in [5.74, 6) is -5.06. The van der Waals surface area contributed by atoms with E-state index in [2.05, 4.69) is 10.4 Å². The molecule has 300 valence electrons. The summed E-state index contributed by atoms with van der Waals surface area (Å²) in [5, 5.41) is 13.5. The van der Waals surface area contributed by atoms with Crippen LogP contribution in [0.4, 0.5) is 11.4 Å². The molecule has 4 amide bonds. The second-order valence-electron chi connectivity index (χ2n) is 15.8. The van der Waals surface area contributed by atoms with E-state index in [4.69, 9.17) is 32.4 Å². The van der Waals surface area contributed by atoms with E-state index in [0.717, 1.165) is 5.01 Å². The molecule has 1 saturated carbocycles. The van der Waals surface area contributed by atoms with Crippen molar-refractivity contribution in [3.8, 4) is 23.0 Å². The Morgan fingerprint density at radius 3 is 2.37 bits per heavy atom. The van der Waals surface area contributed by atoms with Gasteiger partial charge in [0, 0.05) is 22.1 Å². The zero-order chi connectivity index (χ0) is 41.6. The lowest BCUT2D eigenvalue weighted by molar-refractivity contribution is -0.138. The number of fused-ring (bicyclic) bond motifs is 5. The predicted molar refractivity (Wildman–Crippen MR) is 225 cm³/mol. The van der Waals surface area contributed by atoms with Crippen LogP contribution in [-0.4, -0.2) is 45.8 Å². The normalized spacial score (nSPS) is 24.7. The summed E-state index contributed by atoms with van der Waals surface area (Å²) in [7, 11) is 1.54. The minimum atomic E-state index is -1.61. The standard InChI is InChI=1S/C47H36Cl2N4O7/c1-24-6-5-7-32(41(24)54)40-30-19-20-31-39(45(57)52(43(31)55)28-15-10-25(11-16-28)42-50-37-8-3-4-9-38(37)60-42)33(30)23-34-44(56)53(51-36-21-14-27(48)22-35(36)49)46(58)47(34,40)26-12-17-29(59-2)18-13-26/h3-19,21-22,31,33-34,39-40,51,54H,20,23H2,1-2H3. The van der Waals surface area contributed by atoms with Crippen LogP contribution in [0.5, 0.6) is 11.5 Å². The zero-order valence-electron chi connectivity index (χ0n) is 32.3. The molecule has 3 heterocycles. The van der Waals surface area contributed by atoms with Crippen LogP contribution in [0.15, 0.2) is 125 Å². The van der Waals surface area contributed by atoms with Crippen molar-refractivity contribution in [3.63, 3.8) is 0 Å². The number of nitrogens with one attached hydrogen (secondary N) is 1. The van der Waals surface area contributed by atoms with Crippen LogP contribution in [0.1, 0.15) is 35.4 Å². The molecule has 0 radical (unpaired) electrons. The Labute approximate surface area is 354 Å². The van der Waals surface area contributed by atoms with Gasteiger partial charge in [-0.15, -0.1) is 0 Å². The second kappa shape index (κ2) is 14.1. The lowest BCUT2D eigenvalue weighted by atomic mass is 9.49. The van der Waals surface area contributed by atoms with Gasteiger partial charge in [0.2, 0.25) is 17.7 Å². The number of anilines is 2. The first-order chi connectivity index (χ1) is 29.0. The van der Waals surface area contributed by atoms with E-state index in [-0.39, 0.29) is 41.1 Å². The van der Waals surface area contributed by atoms with Crippen LogP contribution in [0.25, 0.3) is 22.6 Å². The van der Waals surface area contributed by atoms with E-state index < -0.39 is 46.8 Å². The highest BCUT2D eigenvalue weighted by molar-refractivity contribution is 6.36. The molecule has 6 atom stereocenters. The molecule has 1 aromatic heterocycles. The van der Waals surface area contributed by atoms with Gasteiger partial charge in [-0.3, -0.25) is 29.5 Å². The fourth-order valence-corrected chi connectivity index (χ4v) is 10.6. The minimum absolute atomic E-state index is 0.0281. The Balaban J connectivity index is 1.09. The van der Waals surface area contributed by atoms with E-state index in [0.29, 0.717) is 61.3 Å². The van der Waals surface area contributed by atoms with Gasteiger partial charge in [-0.2, -0.15) is 5.01 Å². The molecule has 6 aromatic rings. The van der Waals surface area contributed by atoms with Crippen molar-refractivity contribution in [1.29, 1.82) is 0 Å². The van der Waals surface area contributed by atoms with Crippen LogP contribution < -0.4 is 15.1 Å². The van der Waals surface area contributed by atoms with Crippen LogP contribution >= 0.6 is 23.2 Å². The van der Waals surface area contributed by atoms with Gasteiger partial charge >= 0.3 is 0 Å². The van der Waals surface area contributed by atoms with Crippen LogP contribution in [0, 0.1) is 30.6 Å². The lowest BCUT2D eigenvalue weighted by Gasteiger charge is -2.50. The average molecular weight is 840 g/mol. The molecule has 2 N–H and O–H groups in total. The number of ether oxygens (including phenoxy) is 1. The highest BCUT2D eigenvalue weighted by Gasteiger charge is 2.70. The Kier molecular flexibility index (Phi) is 8.89. The largest absolute Gasteiger partial charge is 0.507 e. The van der Waals surface area contributed by atoms with Crippen molar-refractivity contribution < 1.29 is 33.4 Å². The van der Waals surface area contributed by atoms with E-state index in [9.17, 15) is 14.7 Å². The van der Waals surface area contributed by atoms with Gasteiger partial charge < -0.3 is 14.3 Å². The molecule has 2 aliphatic heterocycles. The third-order valence-corrected chi connectivity index (χ3v) is 13.4. The number of carbonyl (C=O) groups is 4. The number of imide groups is 2. The molecule has 0 bridgehead atoms. The molecule has 2 aliphatic carbocycles. The minimum Gasteiger partial charge on any atom is -0.507 e. The topological polar surface area (TPSA) is 142 Å². The first-order valence-corrected chi connectivity index (χ1v) is 20.3. The number of methoxy groups -OCH3 is 1. The quantitative estimate of drug-likeness (QED) is 0.119. The Morgan fingerprint density at radius 1 is 0.867 bits per heavy atom. The van der Waals surface area contributed by atoms with Crippen molar-refractivity contribution in [2.75, 3.05) is 17.4 Å².